The van der Waals surface area contributed by atoms with Crippen LogP contribution in [0.4, 0.5) is 13.6 Å². The number of benzene rings is 1. The standard InChI is InChI=1S/C15H16F2N2O4/c1-3-22-14(20)13-8(2)18-15(21)19-11(13)7-23-12-5-4-9(16)6-10(12)17/h4-6,8H,3,7H2,1-2H3,(H2,18,19,21). The number of carbonyl (C=O) groups is 2. The molecule has 124 valence electrons. The van der Waals surface area contributed by atoms with Crippen LogP contribution in [0.3, 0.4) is 0 Å². The lowest BCUT2D eigenvalue weighted by Crippen LogP contribution is -2.50. The fourth-order valence-electron chi connectivity index (χ4n) is 2.14. The van der Waals surface area contributed by atoms with Crippen LogP contribution in [-0.2, 0) is 9.53 Å². The molecule has 2 amide bonds. The van der Waals surface area contributed by atoms with Crippen molar-refractivity contribution in [2.75, 3.05) is 13.2 Å². The zero-order chi connectivity index (χ0) is 17.0. The van der Waals surface area contributed by atoms with E-state index in [-0.39, 0.29) is 30.2 Å². The van der Waals surface area contributed by atoms with Crippen molar-refractivity contribution in [3.05, 3.63) is 41.1 Å². The van der Waals surface area contributed by atoms with E-state index in [1.807, 2.05) is 0 Å². The first-order valence-electron chi connectivity index (χ1n) is 6.98. The molecule has 1 atom stereocenters. The molecule has 0 aliphatic carbocycles. The molecule has 0 saturated heterocycles. The number of urea groups is 1. The minimum atomic E-state index is -0.878. The van der Waals surface area contributed by atoms with Gasteiger partial charge < -0.3 is 20.1 Å². The van der Waals surface area contributed by atoms with Crippen molar-refractivity contribution in [3.63, 3.8) is 0 Å². The van der Waals surface area contributed by atoms with Crippen LogP contribution in [0, 0.1) is 11.6 Å². The number of nitrogens with one attached hydrogen (secondary N) is 2. The molecule has 2 rings (SSSR count). The van der Waals surface area contributed by atoms with Crippen LogP contribution in [0.25, 0.3) is 0 Å². The van der Waals surface area contributed by atoms with E-state index in [0.29, 0.717) is 6.07 Å². The van der Waals surface area contributed by atoms with Gasteiger partial charge in [-0.2, -0.15) is 0 Å². The highest BCUT2D eigenvalue weighted by molar-refractivity contribution is 5.94. The Hall–Kier alpha value is -2.64. The molecule has 1 unspecified atom stereocenters. The van der Waals surface area contributed by atoms with Crippen molar-refractivity contribution in [1.82, 2.24) is 10.6 Å². The topological polar surface area (TPSA) is 76.7 Å². The Balaban J connectivity index is 2.23. The van der Waals surface area contributed by atoms with Crippen LogP contribution in [0.15, 0.2) is 29.5 Å². The Morgan fingerprint density at radius 1 is 1.35 bits per heavy atom. The van der Waals surface area contributed by atoms with E-state index in [0.717, 1.165) is 12.1 Å². The van der Waals surface area contributed by atoms with Crippen LogP contribution >= 0.6 is 0 Å². The Morgan fingerprint density at radius 3 is 2.74 bits per heavy atom. The second-order valence-electron chi connectivity index (χ2n) is 4.80. The quantitative estimate of drug-likeness (QED) is 0.810. The maximum Gasteiger partial charge on any atom is 0.338 e. The molecular weight excluding hydrogens is 310 g/mol. The van der Waals surface area contributed by atoms with Gasteiger partial charge in [0.1, 0.15) is 12.4 Å². The lowest BCUT2D eigenvalue weighted by atomic mass is 10.0. The fraction of sp³-hybridized carbons (Fsp3) is 0.333. The molecule has 1 aliphatic heterocycles. The third-order valence-corrected chi connectivity index (χ3v) is 3.13. The Bertz CT molecular complexity index is 661. The third-order valence-electron chi connectivity index (χ3n) is 3.13. The van der Waals surface area contributed by atoms with Gasteiger partial charge in [-0.3, -0.25) is 0 Å². The molecule has 0 fully saturated rings. The van der Waals surface area contributed by atoms with E-state index in [2.05, 4.69) is 10.6 Å². The summed E-state index contributed by atoms with van der Waals surface area (Å²) < 4.78 is 36.6. The van der Waals surface area contributed by atoms with Gasteiger partial charge in [0.05, 0.1) is 23.9 Å². The van der Waals surface area contributed by atoms with Crippen LogP contribution in [-0.4, -0.2) is 31.3 Å². The van der Waals surface area contributed by atoms with Gasteiger partial charge in [-0.15, -0.1) is 0 Å². The Labute approximate surface area is 131 Å². The summed E-state index contributed by atoms with van der Waals surface area (Å²) in [6.45, 7) is 3.17. The second kappa shape index (κ2) is 7.08. The van der Waals surface area contributed by atoms with Crippen LogP contribution in [0.2, 0.25) is 0 Å². The predicted molar refractivity (Wildman–Crippen MR) is 76.6 cm³/mol. The van der Waals surface area contributed by atoms with Crippen molar-refractivity contribution >= 4 is 12.0 Å². The van der Waals surface area contributed by atoms with Gasteiger partial charge in [0.2, 0.25) is 0 Å². The molecular formula is C15H16F2N2O4. The number of esters is 1. The van der Waals surface area contributed by atoms with Crippen LogP contribution < -0.4 is 15.4 Å². The van der Waals surface area contributed by atoms with Gasteiger partial charge in [-0.1, -0.05) is 0 Å². The number of hydrogen-bond acceptors (Lipinski definition) is 4. The zero-order valence-corrected chi connectivity index (χ0v) is 12.6. The second-order valence-corrected chi connectivity index (χ2v) is 4.80. The van der Waals surface area contributed by atoms with E-state index < -0.39 is 29.7 Å². The SMILES string of the molecule is CCOC(=O)C1=C(COc2ccc(F)cc2F)NC(=O)NC1C. The largest absolute Gasteiger partial charge is 0.484 e. The monoisotopic (exact) mass is 326 g/mol. The summed E-state index contributed by atoms with van der Waals surface area (Å²) in [6, 6.07) is 1.76. The van der Waals surface area contributed by atoms with E-state index in [1.54, 1.807) is 13.8 Å². The highest BCUT2D eigenvalue weighted by atomic mass is 19.1. The number of hydrogen-bond donors (Lipinski definition) is 2. The van der Waals surface area contributed by atoms with Gasteiger partial charge in [0, 0.05) is 6.07 Å². The highest BCUT2D eigenvalue weighted by Crippen LogP contribution is 2.20. The summed E-state index contributed by atoms with van der Waals surface area (Å²) in [5, 5.41) is 4.97. The van der Waals surface area contributed by atoms with Crippen molar-refractivity contribution in [1.29, 1.82) is 0 Å². The third kappa shape index (κ3) is 3.97. The maximum absolute atomic E-state index is 13.6. The van der Waals surface area contributed by atoms with Crippen molar-refractivity contribution in [2.24, 2.45) is 0 Å². The lowest BCUT2D eigenvalue weighted by molar-refractivity contribution is -0.139. The fourth-order valence-corrected chi connectivity index (χ4v) is 2.14. The first kappa shape index (κ1) is 16.7. The summed E-state index contributed by atoms with van der Waals surface area (Å²) in [5.74, 6) is -2.41. The highest BCUT2D eigenvalue weighted by Gasteiger charge is 2.30. The molecule has 23 heavy (non-hydrogen) atoms. The number of carbonyl (C=O) groups excluding carboxylic acids is 2. The number of ether oxygens (including phenoxy) is 2. The summed E-state index contributed by atoms with van der Waals surface area (Å²) in [4.78, 5) is 23.5. The average Bonchev–Trinajstić information content (AvgIpc) is 2.45. The van der Waals surface area contributed by atoms with E-state index in [1.165, 1.54) is 0 Å². The van der Waals surface area contributed by atoms with Gasteiger partial charge in [-0.05, 0) is 26.0 Å². The molecule has 0 bridgehead atoms. The predicted octanol–water partition coefficient (Wildman–Crippen LogP) is 1.86. The van der Waals surface area contributed by atoms with Gasteiger partial charge in [0.25, 0.3) is 0 Å². The molecule has 1 aromatic rings. The molecule has 6 nitrogen and oxygen atoms in total. The minimum Gasteiger partial charge on any atom is -0.484 e. The van der Waals surface area contributed by atoms with Crippen LogP contribution in [0.5, 0.6) is 5.75 Å². The first-order valence-corrected chi connectivity index (χ1v) is 6.98. The number of rotatable bonds is 5. The molecule has 1 aliphatic rings. The van der Waals surface area contributed by atoms with Gasteiger partial charge in [-0.25, -0.2) is 18.4 Å². The molecule has 0 saturated carbocycles. The van der Waals surface area contributed by atoms with E-state index in [4.69, 9.17) is 9.47 Å². The molecule has 8 heteroatoms. The van der Waals surface area contributed by atoms with Crippen LogP contribution in [0.1, 0.15) is 13.8 Å². The smallest absolute Gasteiger partial charge is 0.338 e. The van der Waals surface area contributed by atoms with Crippen molar-refractivity contribution in [3.8, 4) is 5.75 Å². The van der Waals surface area contributed by atoms with E-state index in [9.17, 15) is 18.4 Å². The number of halogens is 2. The van der Waals surface area contributed by atoms with E-state index >= 15 is 0 Å². The molecule has 2 N–H and O–H groups in total. The van der Waals surface area contributed by atoms with Gasteiger partial charge >= 0.3 is 12.0 Å². The summed E-state index contributed by atoms with van der Waals surface area (Å²) >= 11 is 0. The average molecular weight is 326 g/mol. The van der Waals surface area contributed by atoms with Crippen molar-refractivity contribution < 1.29 is 27.8 Å². The summed E-state index contributed by atoms with van der Waals surface area (Å²) in [7, 11) is 0. The Morgan fingerprint density at radius 2 is 2.09 bits per heavy atom. The molecule has 0 radical (unpaired) electrons. The Kier molecular flexibility index (Phi) is 5.15. The molecule has 0 aromatic heterocycles. The van der Waals surface area contributed by atoms with Gasteiger partial charge in [0.15, 0.2) is 11.6 Å². The lowest BCUT2D eigenvalue weighted by Gasteiger charge is -2.26. The molecule has 1 heterocycles. The summed E-state index contributed by atoms with van der Waals surface area (Å²) in [5.41, 5.74) is 0.359. The summed E-state index contributed by atoms with van der Waals surface area (Å²) in [6.07, 6.45) is 0. The van der Waals surface area contributed by atoms with Crippen molar-refractivity contribution in [2.45, 2.75) is 19.9 Å². The zero-order valence-electron chi connectivity index (χ0n) is 12.6. The molecule has 1 aromatic carbocycles. The molecule has 0 spiro atoms. The first-order chi connectivity index (χ1) is 10.9. The maximum atomic E-state index is 13.6. The number of amides is 2. The minimum absolute atomic E-state index is 0.170. The normalized spacial score (nSPS) is 17.4.